The van der Waals surface area contributed by atoms with Gasteiger partial charge in [0.05, 0.1) is 0 Å². The van der Waals surface area contributed by atoms with Crippen LogP contribution in [0.2, 0.25) is 0 Å². The third-order valence-electron chi connectivity index (χ3n) is 4.76. The Kier molecular flexibility index (Phi) is 5.91. The second-order valence-electron chi connectivity index (χ2n) is 6.64. The average Bonchev–Trinajstić information content (AvgIpc) is 3.27. The molecule has 0 saturated carbocycles. The van der Waals surface area contributed by atoms with E-state index in [1.165, 1.54) is 17.0 Å². The summed E-state index contributed by atoms with van der Waals surface area (Å²) in [5.41, 5.74) is 1.30. The van der Waals surface area contributed by atoms with Gasteiger partial charge in [0.2, 0.25) is 5.91 Å². The molecule has 0 spiro atoms. The lowest BCUT2D eigenvalue weighted by atomic mass is 10.1. The molecule has 2 heterocycles. The van der Waals surface area contributed by atoms with Crippen molar-refractivity contribution in [2.45, 2.75) is 25.7 Å². The SMILES string of the molecule is CN(C[C@H]1CCN(c2ccccc2)C1)C(=O)CCCc1cccs1. The minimum absolute atomic E-state index is 0.282. The van der Waals surface area contributed by atoms with Gasteiger partial charge in [-0.2, -0.15) is 0 Å². The molecule has 1 aliphatic heterocycles. The number of carbonyl (C=O) groups is 1. The predicted octanol–water partition coefficient (Wildman–Crippen LogP) is 4.06. The zero-order chi connectivity index (χ0) is 16.8. The van der Waals surface area contributed by atoms with Crippen molar-refractivity contribution in [2.24, 2.45) is 5.92 Å². The van der Waals surface area contributed by atoms with E-state index in [1.807, 2.05) is 11.9 Å². The summed E-state index contributed by atoms with van der Waals surface area (Å²) < 4.78 is 0. The van der Waals surface area contributed by atoms with Crippen molar-refractivity contribution in [1.82, 2.24) is 4.90 Å². The van der Waals surface area contributed by atoms with Gasteiger partial charge in [-0.25, -0.2) is 0 Å². The first-order valence-electron chi connectivity index (χ1n) is 8.78. The summed E-state index contributed by atoms with van der Waals surface area (Å²) in [6.07, 6.45) is 3.79. The molecule has 128 valence electrons. The molecule has 1 amide bonds. The summed E-state index contributed by atoms with van der Waals surface area (Å²) in [5, 5.41) is 2.10. The minimum Gasteiger partial charge on any atom is -0.371 e. The van der Waals surface area contributed by atoms with Gasteiger partial charge in [0, 0.05) is 43.7 Å². The van der Waals surface area contributed by atoms with Crippen molar-refractivity contribution in [2.75, 3.05) is 31.6 Å². The molecule has 1 aromatic carbocycles. The molecule has 3 rings (SSSR count). The van der Waals surface area contributed by atoms with E-state index in [1.54, 1.807) is 11.3 Å². The minimum atomic E-state index is 0.282. The van der Waals surface area contributed by atoms with Crippen LogP contribution in [-0.4, -0.2) is 37.5 Å². The van der Waals surface area contributed by atoms with Crippen LogP contribution in [0.25, 0.3) is 0 Å². The van der Waals surface area contributed by atoms with Gasteiger partial charge in [-0.1, -0.05) is 24.3 Å². The third-order valence-corrected chi connectivity index (χ3v) is 5.70. The van der Waals surface area contributed by atoms with E-state index in [2.05, 4.69) is 52.7 Å². The van der Waals surface area contributed by atoms with E-state index >= 15 is 0 Å². The number of benzene rings is 1. The highest BCUT2D eigenvalue weighted by atomic mass is 32.1. The number of aryl methyl sites for hydroxylation is 1. The number of amides is 1. The lowest BCUT2D eigenvalue weighted by molar-refractivity contribution is -0.130. The second-order valence-corrected chi connectivity index (χ2v) is 7.68. The molecule has 4 heteroatoms. The zero-order valence-corrected chi connectivity index (χ0v) is 15.2. The van der Waals surface area contributed by atoms with E-state index < -0.39 is 0 Å². The number of hydrogen-bond acceptors (Lipinski definition) is 3. The summed E-state index contributed by atoms with van der Waals surface area (Å²) in [4.78, 5) is 18.1. The Balaban J connectivity index is 1.40. The van der Waals surface area contributed by atoms with Gasteiger partial charge in [0.1, 0.15) is 0 Å². The number of anilines is 1. The van der Waals surface area contributed by atoms with Crippen LogP contribution < -0.4 is 4.90 Å². The van der Waals surface area contributed by atoms with Crippen molar-refractivity contribution in [3.8, 4) is 0 Å². The summed E-state index contributed by atoms with van der Waals surface area (Å²) in [6, 6.07) is 14.8. The topological polar surface area (TPSA) is 23.6 Å². The fraction of sp³-hybridized carbons (Fsp3) is 0.450. The second kappa shape index (κ2) is 8.34. The van der Waals surface area contributed by atoms with Crippen LogP contribution in [-0.2, 0) is 11.2 Å². The third kappa shape index (κ3) is 4.60. The molecule has 1 fully saturated rings. The van der Waals surface area contributed by atoms with Crippen molar-refractivity contribution >= 4 is 22.9 Å². The van der Waals surface area contributed by atoms with Gasteiger partial charge < -0.3 is 9.80 Å². The molecule has 1 atom stereocenters. The lowest BCUT2D eigenvalue weighted by Gasteiger charge is -2.22. The van der Waals surface area contributed by atoms with Crippen LogP contribution in [0, 0.1) is 5.92 Å². The molecule has 1 aliphatic rings. The molecular weight excluding hydrogens is 316 g/mol. The van der Waals surface area contributed by atoms with Crippen LogP contribution in [0.15, 0.2) is 47.8 Å². The first kappa shape index (κ1) is 17.0. The summed E-state index contributed by atoms with van der Waals surface area (Å²) in [7, 11) is 1.96. The molecule has 1 saturated heterocycles. The van der Waals surface area contributed by atoms with Crippen LogP contribution in [0.5, 0.6) is 0 Å². The van der Waals surface area contributed by atoms with E-state index in [9.17, 15) is 4.79 Å². The van der Waals surface area contributed by atoms with E-state index in [4.69, 9.17) is 0 Å². The highest BCUT2D eigenvalue weighted by Crippen LogP contribution is 2.24. The smallest absolute Gasteiger partial charge is 0.222 e. The standard InChI is InChI=1S/C20H26N2OS/c1-21(20(23)11-5-9-19-10-6-14-24-19)15-17-12-13-22(16-17)18-7-3-2-4-8-18/h2-4,6-8,10,14,17H,5,9,11-13,15-16H2,1H3/t17-/m1/s1. The van der Waals surface area contributed by atoms with Crippen LogP contribution in [0.1, 0.15) is 24.1 Å². The molecule has 3 nitrogen and oxygen atoms in total. The first-order valence-corrected chi connectivity index (χ1v) is 9.66. The fourth-order valence-electron chi connectivity index (χ4n) is 3.40. The number of nitrogens with zero attached hydrogens (tertiary/aromatic N) is 2. The normalized spacial score (nSPS) is 17.2. The molecule has 2 aromatic rings. The Morgan fingerprint density at radius 1 is 1.25 bits per heavy atom. The Labute approximate surface area is 148 Å². The highest BCUT2D eigenvalue weighted by Gasteiger charge is 2.24. The van der Waals surface area contributed by atoms with Crippen LogP contribution >= 0.6 is 11.3 Å². The summed E-state index contributed by atoms with van der Waals surface area (Å²) in [5.74, 6) is 0.862. The molecule has 1 aromatic heterocycles. The molecular formula is C20H26N2OS. The first-order chi connectivity index (χ1) is 11.7. The molecule has 0 bridgehead atoms. The van der Waals surface area contributed by atoms with Gasteiger partial charge >= 0.3 is 0 Å². The highest BCUT2D eigenvalue weighted by molar-refractivity contribution is 7.09. The summed E-state index contributed by atoms with van der Waals surface area (Å²) >= 11 is 1.78. The van der Waals surface area contributed by atoms with Gasteiger partial charge in [-0.15, -0.1) is 11.3 Å². The largest absolute Gasteiger partial charge is 0.371 e. The summed E-state index contributed by atoms with van der Waals surface area (Å²) in [6.45, 7) is 3.02. The Morgan fingerprint density at radius 3 is 2.83 bits per heavy atom. The maximum atomic E-state index is 12.3. The van der Waals surface area contributed by atoms with Crippen molar-refractivity contribution < 1.29 is 4.79 Å². The van der Waals surface area contributed by atoms with Crippen LogP contribution in [0.3, 0.4) is 0 Å². The maximum Gasteiger partial charge on any atom is 0.222 e. The Morgan fingerprint density at radius 2 is 2.08 bits per heavy atom. The molecule has 0 unspecified atom stereocenters. The Bertz CT molecular complexity index is 626. The molecule has 0 N–H and O–H groups in total. The van der Waals surface area contributed by atoms with Crippen molar-refractivity contribution in [3.63, 3.8) is 0 Å². The Hall–Kier alpha value is -1.81. The number of carbonyl (C=O) groups excluding carboxylic acids is 1. The maximum absolute atomic E-state index is 12.3. The molecule has 0 aliphatic carbocycles. The van der Waals surface area contributed by atoms with Gasteiger partial charge in [-0.3, -0.25) is 4.79 Å². The quantitative estimate of drug-likeness (QED) is 0.758. The van der Waals surface area contributed by atoms with Gasteiger partial charge in [0.25, 0.3) is 0 Å². The average molecular weight is 343 g/mol. The monoisotopic (exact) mass is 342 g/mol. The number of hydrogen-bond donors (Lipinski definition) is 0. The predicted molar refractivity (Wildman–Crippen MR) is 102 cm³/mol. The van der Waals surface area contributed by atoms with Gasteiger partial charge in [-0.05, 0) is 48.8 Å². The number of para-hydroxylation sites is 1. The van der Waals surface area contributed by atoms with E-state index in [-0.39, 0.29) is 5.91 Å². The van der Waals surface area contributed by atoms with Crippen molar-refractivity contribution in [3.05, 3.63) is 52.7 Å². The van der Waals surface area contributed by atoms with Crippen molar-refractivity contribution in [1.29, 1.82) is 0 Å². The molecule has 24 heavy (non-hydrogen) atoms. The van der Waals surface area contributed by atoms with Crippen LogP contribution in [0.4, 0.5) is 5.69 Å². The van der Waals surface area contributed by atoms with E-state index in [0.717, 1.165) is 32.5 Å². The lowest BCUT2D eigenvalue weighted by Crippen LogP contribution is -2.33. The number of thiophene rings is 1. The van der Waals surface area contributed by atoms with Gasteiger partial charge in [0.15, 0.2) is 0 Å². The molecule has 0 radical (unpaired) electrons. The number of rotatable bonds is 7. The van der Waals surface area contributed by atoms with E-state index in [0.29, 0.717) is 12.3 Å². The zero-order valence-electron chi connectivity index (χ0n) is 14.4. The fourth-order valence-corrected chi connectivity index (χ4v) is 4.15.